The summed E-state index contributed by atoms with van der Waals surface area (Å²) in [6, 6.07) is 12.6. The number of aryl methyl sites for hydroxylation is 2. The van der Waals surface area contributed by atoms with E-state index in [0.717, 1.165) is 22.0 Å². The van der Waals surface area contributed by atoms with Crippen LogP contribution in [0.2, 0.25) is 0 Å². The van der Waals surface area contributed by atoms with E-state index < -0.39 is 5.97 Å². The van der Waals surface area contributed by atoms with E-state index in [9.17, 15) is 9.59 Å². The molecule has 5 heteroatoms. The third-order valence-electron chi connectivity index (χ3n) is 4.00. The van der Waals surface area contributed by atoms with Crippen molar-refractivity contribution >= 4 is 28.5 Å². The SMILES string of the molecule is COC(=O)c1ccc(NC(=O)c2[nH]c3ccc(C)cc3c2C)cc1. The van der Waals surface area contributed by atoms with Gasteiger partial charge in [0.1, 0.15) is 5.69 Å². The maximum atomic E-state index is 12.5. The highest BCUT2D eigenvalue weighted by Gasteiger charge is 2.15. The van der Waals surface area contributed by atoms with E-state index >= 15 is 0 Å². The molecule has 0 bridgehead atoms. The zero-order chi connectivity index (χ0) is 17.3. The molecule has 2 aromatic carbocycles. The molecule has 0 atom stereocenters. The molecule has 3 aromatic rings. The van der Waals surface area contributed by atoms with Crippen molar-refractivity contribution in [1.29, 1.82) is 0 Å². The summed E-state index contributed by atoms with van der Waals surface area (Å²) in [5.74, 6) is -0.623. The molecule has 0 radical (unpaired) electrons. The maximum Gasteiger partial charge on any atom is 0.337 e. The Morgan fingerprint density at radius 3 is 2.42 bits per heavy atom. The molecule has 0 aliphatic rings. The number of H-pyrrole nitrogens is 1. The van der Waals surface area contributed by atoms with Gasteiger partial charge < -0.3 is 15.0 Å². The molecule has 1 aromatic heterocycles. The van der Waals surface area contributed by atoms with Gasteiger partial charge in [0.15, 0.2) is 0 Å². The summed E-state index contributed by atoms with van der Waals surface area (Å²) in [5.41, 5.74) is 4.58. The standard InChI is InChI=1S/C19H18N2O3/c1-11-4-9-16-15(10-11)12(2)17(21-16)18(22)20-14-7-5-13(6-8-14)19(23)24-3/h4-10,21H,1-3H3,(H,20,22). The number of esters is 1. The van der Waals surface area contributed by atoms with Crippen molar-refractivity contribution < 1.29 is 14.3 Å². The summed E-state index contributed by atoms with van der Waals surface area (Å²) in [6.45, 7) is 3.95. The number of hydrogen-bond acceptors (Lipinski definition) is 3. The van der Waals surface area contributed by atoms with E-state index in [0.29, 0.717) is 16.9 Å². The normalized spacial score (nSPS) is 10.6. The van der Waals surface area contributed by atoms with Gasteiger partial charge in [0.25, 0.3) is 5.91 Å². The van der Waals surface area contributed by atoms with Crippen LogP contribution < -0.4 is 5.32 Å². The molecule has 0 saturated heterocycles. The van der Waals surface area contributed by atoms with Gasteiger partial charge in [-0.2, -0.15) is 0 Å². The van der Waals surface area contributed by atoms with Crippen molar-refractivity contribution in [3.63, 3.8) is 0 Å². The number of ether oxygens (including phenoxy) is 1. The highest BCUT2D eigenvalue weighted by molar-refractivity contribution is 6.08. The van der Waals surface area contributed by atoms with E-state index in [-0.39, 0.29) is 5.91 Å². The average Bonchev–Trinajstić information content (AvgIpc) is 2.91. The molecule has 0 aliphatic carbocycles. The number of hydrogen-bond donors (Lipinski definition) is 2. The lowest BCUT2D eigenvalue weighted by Gasteiger charge is -2.06. The van der Waals surface area contributed by atoms with Gasteiger partial charge in [-0.3, -0.25) is 4.79 Å². The smallest absolute Gasteiger partial charge is 0.337 e. The van der Waals surface area contributed by atoms with E-state index in [2.05, 4.69) is 21.1 Å². The van der Waals surface area contributed by atoms with Gasteiger partial charge in [0.05, 0.1) is 12.7 Å². The lowest BCUT2D eigenvalue weighted by molar-refractivity contribution is 0.0600. The molecule has 0 fully saturated rings. The van der Waals surface area contributed by atoms with Gasteiger partial charge in [-0.05, 0) is 55.8 Å². The van der Waals surface area contributed by atoms with Crippen LogP contribution in [0.1, 0.15) is 32.0 Å². The van der Waals surface area contributed by atoms with Crippen LogP contribution in [0, 0.1) is 13.8 Å². The van der Waals surface area contributed by atoms with Gasteiger partial charge in [-0.1, -0.05) is 11.6 Å². The zero-order valence-corrected chi connectivity index (χ0v) is 13.8. The van der Waals surface area contributed by atoms with Crippen LogP contribution in [0.4, 0.5) is 5.69 Å². The van der Waals surface area contributed by atoms with E-state index in [1.165, 1.54) is 7.11 Å². The third-order valence-corrected chi connectivity index (χ3v) is 4.00. The number of benzene rings is 2. The second-order valence-corrected chi connectivity index (χ2v) is 5.70. The number of amides is 1. The number of aromatic nitrogens is 1. The first-order valence-corrected chi connectivity index (χ1v) is 7.58. The average molecular weight is 322 g/mol. The topological polar surface area (TPSA) is 71.2 Å². The first kappa shape index (κ1) is 15.8. The van der Waals surface area contributed by atoms with Crippen LogP contribution >= 0.6 is 0 Å². The molecular weight excluding hydrogens is 304 g/mol. The van der Waals surface area contributed by atoms with Gasteiger partial charge in [-0.15, -0.1) is 0 Å². The summed E-state index contributed by atoms with van der Waals surface area (Å²) in [6.07, 6.45) is 0. The number of rotatable bonds is 3. The second-order valence-electron chi connectivity index (χ2n) is 5.70. The molecule has 0 spiro atoms. The summed E-state index contributed by atoms with van der Waals surface area (Å²) < 4.78 is 4.65. The Kier molecular flexibility index (Phi) is 4.08. The Labute approximate surface area is 139 Å². The van der Waals surface area contributed by atoms with Gasteiger partial charge in [-0.25, -0.2) is 4.79 Å². The number of methoxy groups -OCH3 is 1. The molecule has 1 amide bonds. The largest absolute Gasteiger partial charge is 0.465 e. The van der Waals surface area contributed by atoms with Crippen molar-refractivity contribution in [1.82, 2.24) is 4.98 Å². The van der Waals surface area contributed by atoms with Crippen molar-refractivity contribution in [2.75, 3.05) is 12.4 Å². The van der Waals surface area contributed by atoms with Crippen LogP contribution in [0.25, 0.3) is 10.9 Å². The summed E-state index contributed by atoms with van der Waals surface area (Å²) in [7, 11) is 1.33. The first-order chi connectivity index (χ1) is 11.5. The first-order valence-electron chi connectivity index (χ1n) is 7.58. The van der Waals surface area contributed by atoms with E-state index in [4.69, 9.17) is 0 Å². The van der Waals surface area contributed by atoms with Crippen LogP contribution in [-0.4, -0.2) is 24.0 Å². The number of nitrogens with one attached hydrogen (secondary N) is 2. The van der Waals surface area contributed by atoms with Gasteiger partial charge in [0, 0.05) is 16.6 Å². The molecule has 0 aliphatic heterocycles. The van der Waals surface area contributed by atoms with Crippen molar-refractivity contribution in [3.8, 4) is 0 Å². The predicted octanol–water partition coefficient (Wildman–Crippen LogP) is 3.82. The van der Waals surface area contributed by atoms with E-state index in [1.54, 1.807) is 24.3 Å². The monoisotopic (exact) mass is 322 g/mol. The fraction of sp³-hybridized carbons (Fsp3) is 0.158. The lowest BCUT2D eigenvalue weighted by atomic mass is 10.1. The van der Waals surface area contributed by atoms with Crippen molar-refractivity contribution in [3.05, 3.63) is 64.8 Å². The molecule has 5 nitrogen and oxygen atoms in total. The minimum absolute atomic E-state index is 0.216. The zero-order valence-electron chi connectivity index (χ0n) is 13.8. The fourth-order valence-electron chi connectivity index (χ4n) is 2.67. The van der Waals surface area contributed by atoms with Gasteiger partial charge in [0.2, 0.25) is 0 Å². The number of carbonyl (C=O) groups is 2. The third kappa shape index (κ3) is 2.88. The minimum Gasteiger partial charge on any atom is -0.465 e. The fourth-order valence-corrected chi connectivity index (χ4v) is 2.67. The molecule has 24 heavy (non-hydrogen) atoms. The highest BCUT2D eigenvalue weighted by atomic mass is 16.5. The highest BCUT2D eigenvalue weighted by Crippen LogP contribution is 2.23. The van der Waals surface area contributed by atoms with Crippen LogP contribution in [0.3, 0.4) is 0 Å². The van der Waals surface area contributed by atoms with E-state index in [1.807, 2.05) is 26.0 Å². The Bertz CT molecular complexity index is 924. The summed E-state index contributed by atoms with van der Waals surface area (Å²) in [4.78, 5) is 27.1. The van der Waals surface area contributed by atoms with Crippen LogP contribution in [0.15, 0.2) is 42.5 Å². The number of anilines is 1. The Hall–Kier alpha value is -3.08. The van der Waals surface area contributed by atoms with Crippen LogP contribution in [-0.2, 0) is 4.74 Å². The maximum absolute atomic E-state index is 12.5. The molecule has 0 unspecified atom stereocenters. The Balaban J connectivity index is 1.85. The Morgan fingerprint density at radius 2 is 1.75 bits per heavy atom. The quantitative estimate of drug-likeness (QED) is 0.720. The summed E-state index contributed by atoms with van der Waals surface area (Å²) in [5, 5.41) is 3.88. The lowest BCUT2D eigenvalue weighted by Crippen LogP contribution is -2.13. The molecule has 122 valence electrons. The molecule has 3 rings (SSSR count). The van der Waals surface area contributed by atoms with Crippen LogP contribution in [0.5, 0.6) is 0 Å². The van der Waals surface area contributed by atoms with Crippen molar-refractivity contribution in [2.45, 2.75) is 13.8 Å². The number of carbonyl (C=O) groups excluding carboxylic acids is 2. The van der Waals surface area contributed by atoms with Crippen molar-refractivity contribution in [2.24, 2.45) is 0 Å². The molecule has 1 heterocycles. The molecular formula is C19H18N2O3. The number of aromatic amines is 1. The molecule has 0 saturated carbocycles. The van der Waals surface area contributed by atoms with Gasteiger partial charge >= 0.3 is 5.97 Å². The summed E-state index contributed by atoms with van der Waals surface area (Å²) >= 11 is 0. The second kappa shape index (κ2) is 6.20. The predicted molar refractivity (Wildman–Crippen MR) is 93.5 cm³/mol. The molecule has 2 N–H and O–H groups in total. The number of fused-ring (bicyclic) bond motifs is 1. The minimum atomic E-state index is -0.408. The Morgan fingerprint density at radius 1 is 1.04 bits per heavy atom.